The molecule has 0 spiro atoms. The molecule has 4 rings (SSSR count). The molecule has 1 aliphatic carbocycles. The van der Waals surface area contributed by atoms with Crippen LogP contribution in [0, 0.1) is 0 Å². The number of carbonyl (C=O) groups is 1. The van der Waals surface area contributed by atoms with Gasteiger partial charge >= 0.3 is 0 Å². The van der Waals surface area contributed by atoms with Crippen molar-refractivity contribution in [2.75, 3.05) is 5.32 Å². The van der Waals surface area contributed by atoms with Gasteiger partial charge in [0.25, 0.3) is 5.91 Å². The fourth-order valence-corrected chi connectivity index (χ4v) is 5.33. The number of amides is 1. The van der Waals surface area contributed by atoms with Gasteiger partial charge in [0.1, 0.15) is 0 Å². The number of benzene rings is 2. The molecule has 0 aliphatic heterocycles. The number of anilines is 1. The molecule has 1 aromatic heterocycles. The largest absolute Gasteiger partial charge is 0.313 e. The molecular formula is C22H23NOS. The Kier molecular flexibility index (Phi) is 4.34. The minimum Gasteiger partial charge on any atom is -0.313 e. The molecule has 0 fully saturated rings. The first-order chi connectivity index (χ1) is 12.1. The molecule has 0 bridgehead atoms. The van der Waals surface area contributed by atoms with Gasteiger partial charge in [-0.2, -0.15) is 0 Å². The molecule has 2 aromatic carbocycles. The molecule has 1 heterocycles. The van der Waals surface area contributed by atoms with Crippen LogP contribution < -0.4 is 5.32 Å². The van der Waals surface area contributed by atoms with Crippen LogP contribution >= 0.6 is 11.3 Å². The van der Waals surface area contributed by atoms with Crippen molar-refractivity contribution in [2.45, 2.75) is 45.4 Å². The summed E-state index contributed by atoms with van der Waals surface area (Å²) in [6.45, 7) is 4.45. The number of carbonyl (C=O) groups excluding carboxylic acids is 1. The average molecular weight is 349 g/mol. The summed E-state index contributed by atoms with van der Waals surface area (Å²) in [6, 6.07) is 14.0. The molecule has 2 nitrogen and oxygen atoms in total. The summed E-state index contributed by atoms with van der Waals surface area (Å²) in [5.41, 5.74) is 3.60. The normalized spacial score (nSPS) is 13.9. The van der Waals surface area contributed by atoms with Gasteiger partial charge in [-0.3, -0.25) is 4.79 Å². The second-order valence-electron chi connectivity index (χ2n) is 7.09. The van der Waals surface area contributed by atoms with E-state index in [-0.39, 0.29) is 5.91 Å². The summed E-state index contributed by atoms with van der Waals surface area (Å²) in [5.74, 6) is 0.429. The molecule has 1 N–H and O–H groups in total. The SMILES string of the molecule is CC(C)c1c(NC(=O)c2cccc3ccccc23)sc2c1CCCC2. The molecule has 0 saturated heterocycles. The van der Waals surface area contributed by atoms with Gasteiger partial charge in [0.15, 0.2) is 0 Å². The lowest BCUT2D eigenvalue weighted by Gasteiger charge is -2.15. The molecule has 0 saturated carbocycles. The van der Waals surface area contributed by atoms with E-state index in [2.05, 4.69) is 31.3 Å². The number of nitrogens with one attached hydrogen (secondary N) is 1. The van der Waals surface area contributed by atoms with Crippen LogP contribution in [0.4, 0.5) is 5.00 Å². The van der Waals surface area contributed by atoms with Crippen LogP contribution in [0.25, 0.3) is 10.8 Å². The lowest BCUT2D eigenvalue weighted by atomic mass is 9.91. The van der Waals surface area contributed by atoms with E-state index < -0.39 is 0 Å². The van der Waals surface area contributed by atoms with Crippen LogP contribution in [-0.2, 0) is 12.8 Å². The van der Waals surface area contributed by atoms with E-state index in [4.69, 9.17) is 0 Å². The van der Waals surface area contributed by atoms with E-state index >= 15 is 0 Å². The molecule has 0 atom stereocenters. The van der Waals surface area contributed by atoms with Crippen molar-refractivity contribution < 1.29 is 4.79 Å². The van der Waals surface area contributed by atoms with E-state index in [9.17, 15) is 4.79 Å². The van der Waals surface area contributed by atoms with Gasteiger partial charge in [-0.1, -0.05) is 50.2 Å². The number of hydrogen-bond donors (Lipinski definition) is 1. The Morgan fingerprint density at radius 1 is 1.04 bits per heavy atom. The van der Waals surface area contributed by atoms with Gasteiger partial charge < -0.3 is 5.32 Å². The Balaban J connectivity index is 1.72. The second kappa shape index (κ2) is 6.64. The molecule has 25 heavy (non-hydrogen) atoms. The van der Waals surface area contributed by atoms with Crippen molar-refractivity contribution in [3.05, 3.63) is 64.0 Å². The fourth-order valence-electron chi connectivity index (χ4n) is 3.89. The first-order valence-corrected chi connectivity index (χ1v) is 9.90. The Morgan fingerprint density at radius 3 is 2.64 bits per heavy atom. The maximum Gasteiger partial charge on any atom is 0.256 e. The fraction of sp³-hybridized carbons (Fsp3) is 0.318. The number of aryl methyl sites for hydroxylation is 1. The molecule has 0 unspecified atom stereocenters. The van der Waals surface area contributed by atoms with E-state index in [1.807, 2.05) is 30.3 Å². The quantitative estimate of drug-likeness (QED) is 0.603. The topological polar surface area (TPSA) is 29.1 Å². The molecule has 0 radical (unpaired) electrons. The van der Waals surface area contributed by atoms with Crippen LogP contribution in [0.1, 0.15) is 59.0 Å². The number of thiophene rings is 1. The van der Waals surface area contributed by atoms with Crippen molar-refractivity contribution in [1.29, 1.82) is 0 Å². The van der Waals surface area contributed by atoms with Crippen LogP contribution in [-0.4, -0.2) is 5.91 Å². The van der Waals surface area contributed by atoms with Gasteiger partial charge in [-0.15, -0.1) is 11.3 Å². The van der Waals surface area contributed by atoms with Crippen molar-refractivity contribution in [2.24, 2.45) is 0 Å². The first-order valence-electron chi connectivity index (χ1n) is 9.08. The van der Waals surface area contributed by atoms with Crippen molar-refractivity contribution >= 4 is 33.0 Å². The van der Waals surface area contributed by atoms with Gasteiger partial charge in [0, 0.05) is 10.4 Å². The maximum absolute atomic E-state index is 13.0. The number of fused-ring (bicyclic) bond motifs is 2. The predicted octanol–water partition coefficient (Wildman–Crippen LogP) is 6.16. The third kappa shape index (κ3) is 2.98. The van der Waals surface area contributed by atoms with Crippen LogP contribution in [0.3, 0.4) is 0 Å². The molecular weight excluding hydrogens is 326 g/mol. The Morgan fingerprint density at radius 2 is 1.80 bits per heavy atom. The zero-order chi connectivity index (χ0) is 17.4. The summed E-state index contributed by atoms with van der Waals surface area (Å²) < 4.78 is 0. The monoisotopic (exact) mass is 349 g/mol. The highest BCUT2D eigenvalue weighted by atomic mass is 32.1. The highest BCUT2D eigenvalue weighted by molar-refractivity contribution is 7.16. The highest BCUT2D eigenvalue weighted by Crippen LogP contribution is 2.42. The lowest BCUT2D eigenvalue weighted by molar-refractivity contribution is 0.102. The van der Waals surface area contributed by atoms with E-state index in [0.717, 1.165) is 34.2 Å². The summed E-state index contributed by atoms with van der Waals surface area (Å²) in [7, 11) is 0. The van der Waals surface area contributed by atoms with Crippen molar-refractivity contribution in [3.8, 4) is 0 Å². The van der Waals surface area contributed by atoms with E-state index in [1.54, 1.807) is 11.3 Å². The summed E-state index contributed by atoms with van der Waals surface area (Å²) in [5, 5.41) is 6.40. The molecule has 1 amide bonds. The van der Waals surface area contributed by atoms with Crippen LogP contribution in [0.2, 0.25) is 0 Å². The zero-order valence-corrected chi connectivity index (χ0v) is 15.6. The number of rotatable bonds is 3. The van der Waals surface area contributed by atoms with Crippen LogP contribution in [0.15, 0.2) is 42.5 Å². The predicted molar refractivity (Wildman–Crippen MR) is 107 cm³/mol. The zero-order valence-electron chi connectivity index (χ0n) is 14.8. The van der Waals surface area contributed by atoms with Gasteiger partial charge in [0.05, 0.1) is 5.00 Å². The Bertz CT molecular complexity index is 933. The van der Waals surface area contributed by atoms with Gasteiger partial charge in [-0.25, -0.2) is 0 Å². The summed E-state index contributed by atoms with van der Waals surface area (Å²) >= 11 is 1.79. The molecule has 3 aromatic rings. The average Bonchev–Trinajstić information content (AvgIpc) is 2.99. The third-order valence-electron chi connectivity index (χ3n) is 5.05. The standard InChI is InChI=1S/C22H23NOS/c1-14(2)20-18-11-5-6-13-19(18)25-22(20)23-21(24)17-12-7-9-15-8-3-4-10-16(15)17/h3-4,7-10,12,14H,5-6,11,13H2,1-2H3,(H,23,24). The van der Waals surface area contributed by atoms with Gasteiger partial charge in [-0.05, 0) is 59.6 Å². The minimum atomic E-state index is -0.00250. The Hall–Kier alpha value is -2.13. The maximum atomic E-state index is 13.0. The summed E-state index contributed by atoms with van der Waals surface area (Å²) in [6.07, 6.45) is 4.84. The van der Waals surface area contributed by atoms with E-state index in [0.29, 0.717) is 5.92 Å². The molecule has 1 aliphatic rings. The number of hydrogen-bond acceptors (Lipinski definition) is 2. The minimum absolute atomic E-state index is 0.00250. The first kappa shape index (κ1) is 16.3. The van der Waals surface area contributed by atoms with Crippen LogP contribution in [0.5, 0.6) is 0 Å². The van der Waals surface area contributed by atoms with Crippen molar-refractivity contribution in [3.63, 3.8) is 0 Å². The van der Waals surface area contributed by atoms with Gasteiger partial charge in [0.2, 0.25) is 0 Å². The summed E-state index contributed by atoms with van der Waals surface area (Å²) in [4.78, 5) is 14.5. The molecule has 3 heteroatoms. The van der Waals surface area contributed by atoms with Crippen molar-refractivity contribution in [1.82, 2.24) is 0 Å². The third-order valence-corrected chi connectivity index (χ3v) is 6.27. The van der Waals surface area contributed by atoms with E-state index in [1.165, 1.54) is 28.8 Å². The lowest BCUT2D eigenvalue weighted by Crippen LogP contribution is -2.13. The molecule has 128 valence electrons. The smallest absolute Gasteiger partial charge is 0.256 e. The highest BCUT2D eigenvalue weighted by Gasteiger charge is 2.24. The second-order valence-corrected chi connectivity index (χ2v) is 8.19. The Labute approximate surface area is 152 Å².